The molecule has 0 aliphatic rings. The van der Waals surface area contributed by atoms with Gasteiger partial charge in [-0.15, -0.1) is 6.58 Å². The molecule has 8 heavy (non-hydrogen) atoms. The highest BCUT2D eigenvalue weighted by atomic mass is 32.1. The van der Waals surface area contributed by atoms with Gasteiger partial charge in [-0.05, 0) is 0 Å². The van der Waals surface area contributed by atoms with E-state index in [2.05, 4.69) is 19.2 Å². The fourth-order valence-electron chi connectivity index (χ4n) is 0.134. The first-order chi connectivity index (χ1) is 3.48. The zero-order valence-electron chi connectivity index (χ0n) is 3.90. The molecule has 0 saturated carbocycles. The number of halogens is 3. The van der Waals surface area contributed by atoms with Crippen LogP contribution in [-0.2, 0) is 0 Å². The van der Waals surface area contributed by atoms with Gasteiger partial charge >= 0.3 is 6.18 Å². The Bertz CT molecular complexity index is 85.8. The van der Waals surface area contributed by atoms with Gasteiger partial charge in [0.15, 0.2) is 0 Å². The molecule has 0 aliphatic heterocycles. The molecule has 0 heterocycles. The van der Waals surface area contributed by atoms with Crippen molar-refractivity contribution in [2.45, 2.75) is 11.4 Å². The Labute approximate surface area is 50.8 Å². The number of hydrogen-bond donors (Lipinski definition) is 0. The van der Waals surface area contributed by atoms with Gasteiger partial charge < -0.3 is 0 Å². The van der Waals surface area contributed by atoms with Crippen molar-refractivity contribution in [3.63, 3.8) is 0 Å². The number of alkyl halides is 3. The van der Waals surface area contributed by atoms with Gasteiger partial charge in [0.2, 0.25) is 0 Å². The van der Waals surface area contributed by atoms with Gasteiger partial charge in [-0.3, -0.25) is 0 Å². The van der Waals surface area contributed by atoms with Crippen molar-refractivity contribution in [2.24, 2.45) is 0 Å². The van der Waals surface area contributed by atoms with Gasteiger partial charge in [-0.2, -0.15) is 13.2 Å². The van der Waals surface area contributed by atoms with E-state index in [1.165, 1.54) is 0 Å². The largest absolute Gasteiger partial charge is 0.404 e. The van der Waals surface area contributed by atoms with Crippen molar-refractivity contribution in [3.8, 4) is 0 Å². The maximum atomic E-state index is 11.3. The van der Waals surface area contributed by atoms with Crippen molar-refractivity contribution >= 4 is 12.6 Å². The molecule has 0 aromatic rings. The molecule has 0 spiro atoms. The molecule has 0 aromatic heterocycles. The molecule has 0 aromatic carbocycles. The molecule has 0 bridgehead atoms. The Morgan fingerprint density at radius 2 is 1.88 bits per heavy atom. The van der Waals surface area contributed by atoms with Crippen LogP contribution in [-0.4, -0.2) is 11.4 Å². The van der Waals surface area contributed by atoms with Gasteiger partial charge in [0, 0.05) is 0 Å². The van der Waals surface area contributed by atoms with E-state index in [-0.39, 0.29) is 0 Å². The quantitative estimate of drug-likeness (QED) is 0.491. The topological polar surface area (TPSA) is 0 Å². The Morgan fingerprint density at radius 3 is 1.88 bits per heavy atom. The van der Waals surface area contributed by atoms with Crippen LogP contribution >= 0.6 is 12.6 Å². The lowest BCUT2D eigenvalue weighted by atomic mass is 10.4. The van der Waals surface area contributed by atoms with Gasteiger partial charge in [0.05, 0.1) is 0 Å². The second kappa shape index (κ2) is 2.44. The standard InChI is InChI=1S/C4H4F3S/c1-2-3(8)4(5,6)7/h2-3H,1H2. The van der Waals surface area contributed by atoms with Gasteiger partial charge in [0.25, 0.3) is 0 Å². The molecule has 47 valence electrons. The van der Waals surface area contributed by atoms with Crippen molar-refractivity contribution < 1.29 is 13.2 Å². The van der Waals surface area contributed by atoms with E-state index in [1.807, 2.05) is 0 Å². The van der Waals surface area contributed by atoms with Crippen LogP contribution in [0.3, 0.4) is 0 Å². The first-order valence-corrected chi connectivity index (χ1v) is 2.30. The molecular formula is C4H4F3S. The predicted molar refractivity (Wildman–Crippen MR) is 27.6 cm³/mol. The van der Waals surface area contributed by atoms with E-state index in [9.17, 15) is 13.2 Å². The molecule has 0 rings (SSSR count). The molecule has 4 heteroatoms. The zero-order chi connectivity index (χ0) is 6.78. The molecule has 0 N–H and O–H groups in total. The molecule has 1 radical (unpaired) electrons. The fourth-order valence-corrected chi connectivity index (χ4v) is 0.134. The molecule has 0 amide bonds. The summed E-state index contributed by atoms with van der Waals surface area (Å²) in [5.74, 6) is 0. The van der Waals surface area contributed by atoms with Crippen LogP contribution in [0.5, 0.6) is 0 Å². The van der Waals surface area contributed by atoms with Crippen molar-refractivity contribution in [1.29, 1.82) is 0 Å². The predicted octanol–water partition coefficient (Wildman–Crippen LogP) is 2.30. The molecule has 0 nitrogen and oxygen atoms in total. The summed E-state index contributed by atoms with van der Waals surface area (Å²) in [6, 6.07) is 0. The summed E-state index contributed by atoms with van der Waals surface area (Å²) in [7, 11) is 0. The van der Waals surface area contributed by atoms with Gasteiger partial charge in [0.1, 0.15) is 5.25 Å². The van der Waals surface area contributed by atoms with Crippen LogP contribution in [0.2, 0.25) is 0 Å². The van der Waals surface area contributed by atoms with E-state index in [0.29, 0.717) is 6.08 Å². The third kappa shape index (κ3) is 2.26. The third-order valence-corrected chi connectivity index (χ3v) is 0.996. The summed E-state index contributed by atoms with van der Waals surface area (Å²) >= 11 is 3.93. The van der Waals surface area contributed by atoms with E-state index in [1.54, 1.807) is 0 Å². The summed E-state index contributed by atoms with van der Waals surface area (Å²) < 4.78 is 33.8. The molecule has 0 fully saturated rings. The van der Waals surface area contributed by atoms with Gasteiger partial charge in [-0.25, -0.2) is 0 Å². The van der Waals surface area contributed by atoms with Crippen molar-refractivity contribution in [2.75, 3.05) is 0 Å². The summed E-state index contributed by atoms with van der Waals surface area (Å²) in [5, 5.41) is -1.80. The van der Waals surface area contributed by atoms with Crippen molar-refractivity contribution in [1.82, 2.24) is 0 Å². The molecule has 0 saturated heterocycles. The summed E-state index contributed by atoms with van der Waals surface area (Å²) in [4.78, 5) is 0. The average Bonchev–Trinajstić information content (AvgIpc) is 1.62. The van der Waals surface area contributed by atoms with Crippen LogP contribution in [0, 0.1) is 0 Å². The molecule has 0 aliphatic carbocycles. The highest BCUT2D eigenvalue weighted by Gasteiger charge is 2.34. The normalized spacial score (nSPS) is 15.5. The Hall–Kier alpha value is -0.120. The lowest BCUT2D eigenvalue weighted by molar-refractivity contribution is -0.119. The van der Waals surface area contributed by atoms with E-state index in [4.69, 9.17) is 0 Å². The van der Waals surface area contributed by atoms with Crippen LogP contribution in [0.15, 0.2) is 12.7 Å². The second-order valence-electron chi connectivity index (χ2n) is 1.20. The fraction of sp³-hybridized carbons (Fsp3) is 0.500. The maximum absolute atomic E-state index is 11.3. The number of hydrogen-bond acceptors (Lipinski definition) is 0. The first-order valence-electron chi connectivity index (χ1n) is 1.83. The lowest BCUT2D eigenvalue weighted by Crippen LogP contribution is -2.20. The van der Waals surface area contributed by atoms with Crippen LogP contribution < -0.4 is 0 Å². The Morgan fingerprint density at radius 1 is 1.50 bits per heavy atom. The molecule has 1 unspecified atom stereocenters. The van der Waals surface area contributed by atoms with Gasteiger partial charge in [-0.1, -0.05) is 18.7 Å². The SMILES string of the molecule is C=CC([S])C(F)(F)F. The number of rotatable bonds is 1. The third-order valence-electron chi connectivity index (χ3n) is 0.537. The average molecular weight is 141 g/mol. The zero-order valence-corrected chi connectivity index (χ0v) is 4.72. The monoisotopic (exact) mass is 141 g/mol. The molecule has 1 atom stereocenters. The smallest absolute Gasteiger partial charge is 0.169 e. The lowest BCUT2D eigenvalue weighted by Gasteiger charge is -2.07. The van der Waals surface area contributed by atoms with Crippen LogP contribution in [0.25, 0.3) is 0 Å². The summed E-state index contributed by atoms with van der Waals surface area (Å²) in [6.45, 7) is 2.90. The minimum absolute atomic E-state index is 0.690. The highest BCUT2D eigenvalue weighted by Crippen LogP contribution is 2.24. The minimum Gasteiger partial charge on any atom is -0.169 e. The summed E-state index contributed by atoms with van der Waals surface area (Å²) in [5.41, 5.74) is 0. The minimum atomic E-state index is -4.29. The summed E-state index contributed by atoms with van der Waals surface area (Å²) in [6.07, 6.45) is -3.60. The molecular weight excluding hydrogens is 137 g/mol. The van der Waals surface area contributed by atoms with E-state index < -0.39 is 11.4 Å². The first kappa shape index (κ1) is 7.88. The van der Waals surface area contributed by atoms with Crippen molar-refractivity contribution in [3.05, 3.63) is 12.7 Å². The Balaban J connectivity index is 3.80. The van der Waals surface area contributed by atoms with E-state index >= 15 is 0 Å². The highest BCUT2D eigenvalue weighted by molar-refractivity contribution is 7.81. The maximum Gasteiger partial charge on any atom is 0.404 e. The second-order valence-corrected chi connectivity index (χ2v) is 1.71. The van der Waals surface area contributed by atoms with E-state index in [0.717, 1.165) is 0 Å². The Kier molecular flexibility index (Phi) is 2.40. The van der Waals surface area contributed by atoms with Crippen LogP contribution in [0.4, 0.5) is 13.2 Å². The van der Waals surface area contributed by atoms with Crippen LogP contribution in [0.1, 0.15) is 0 Å².